The monoisotopic (exact) mass is 300 g/mol. The van der Waals surface area contributed by atoms with E-state index in [4.69, 9.17) is 23.8 Å². The van der Waals surface area contributed by atoms with Gasteiger partial charge in [-0.15, -0.1) is 0 Å². The van der Waals surface area contributed by atoms with E-state index in [-0.39, 0.29) is 0 Å². The zero-order chi connectivity index (χ0) is 13.7. The maximum absolute atomic E-state index is 6.13. The standard InChI is InChI=1S/C16H13ClN2S/c17-12-5-6-14-15(9-12)19(16(20)18-14)13-7-10-3-1-2-4-11(10)8-13/h1-6,9,13H,7-8H2,(H,18,20). The molecule has 0 saturated heterocycles. The molecule has 3 aromatic rings. The summed E-state index contributed by atoms with van der Waals surface area (Å²) >= 11 is 11.6. The zero-order valence-electron chi connectivity index (χ0n) is 10.8. The minimum absolute atomic E-state index is 0.382. The Morgan fingerprint density at radius 2 is 1.80 bits per heavy atom. The Kier molecular flexibility index (Phi) is 2.72. The number of aromatic amines is 1. The van der Waals surface area contributed by atoms with Crippen molar-refractivity contribution in [2.45, 2.75) is 18.9 Å². The number of hydrogen-bond donors (Lipinski definition) is 1. The lowest BCUT2D eigenvalue weighted by Crippen LogP contribution is -2.08. The molecule has 2 aromatic carbocycles. The normalized spacial score (nSPS) is 14.8. The fourth-order valence-corrected chi connectivity index (χ4v) is 3.70. The molecule has 1 heterocycles. The van der Waals surface area contributed by atoms with Crippen LogP contribution < -0.4 is 0 Å². The highest BCUT2D eigenvalue weighted by Gasteiger charge is 2.24. The van der Waals surface area contributed by atoms with Gasteiger partial charge in [0, 0.05) is 11.1 Å². The molecule has 4 rings (SSSR count). The molecule has 100 valence electrons. The molecule has 0 radical (unpaired) electrons. The van der Waals surface area contributed by atoms with E-state index in [1.165, 1.54) is 11.1 Å². The van der Waals surface area contributed by atoms with Crippen LogP contribution in [0, 0.1) is 4.77 Å². The lowest BCUT2D eigenvalue weighted by Gasteiger charge is -2.12. The van der Waals surface area contributed by atoms with Crippen LogP contribution in [-0.2, 0) is 12.8 Å². The Morgan fingerprint density at radius 1 is 1.10 bits per heavy atom. The number of nitrogens with zero attached hydrogens (tertiary/aromatic N) is 1. The molecule has 1 aliphatic rings. The number of aromatic nitrogens is 2. The highest BCUT2D eigenvalue weighted by molar-refractivity contribution is 7.71. The molecule has 4 heteroatoms. The van der Waals surface area contributed by atoms with Gasteiger partial charge in [0.05, 0.1) is 11.0 Å². The second kappa shape index (κ2) is 4.47. The molecular formula is C16H13ClN2S. The Labute approximate surface area is 127 Å². The average Bonchev–Trinajstić information content (AvgIpc) is 2.97. The maximum atomic E-state index is 6.13. The third-order valence-electron chi connectivity index (χ3n) is 4.07. The van der Waals surface area contributed by atoms with Gasteiger partial charge in [-0.25, -0.2) is 0 Å². The first kappa shape index (κ1) is 12.2. The Bertz CT molecular complexity index is 837. The van der Waals surface area contributed by atoms with Crippen molar-refractivity contribution in [2.75, 3.05) is 0 Å². The van der Waals surface area contributed by atoms with Gasteiger partial charge in [-0.3, -0.25) is 0 Å². The summed E-state index contributed by atoms with van der Waals surface area (Å²) < 4.78 is 3.00. The van der Waals surface area contributed by atoms with E-state index in [0.717, 1.165) is 33.7 Å². The Hall–Kier alpha value is -1.58. The minimum atomic E-state index is 0.382. The van der Waals surface area contributed by atoms with Crippen molar-refractivity contribution in [3.8, 4) is 0 Å². The second-order valence-corrected chi connectivity index (χ2v) is 6.12. The van der Waals surface area contributed by atoms with Gasteiger partial charge in [-0.1, -0.05) is 35.9 Å². The Morgan fingerprint density at radius 3 is 2.50 bits per heavy atom. The summed E-state index contributed by atoms with van der Waals surface area (Å²) in [4.78, 5) is 3.28. The SMILES string of the molecule is S=c1[nH]c2ccc(Cl)cc2n1C1Cc2ccccc2C1. The summed E-state index contributed by atoms with van der Waals surface area (Å²) in [5.41, 5.74) is 5.00. The summed E-state index contributed by atoms with van der Waals surface area (Å²) in [6.07, 6.45) is 2.06. The van der Waals surface area contributed by atoms with E-state index in [2.05, 4.69) is 33.8 Å². The summed E-state index contributed by atoms with van der Waals surface area (Å²) in [6.45, 7) is 0. The van der Waals surface area contributed by atoms with Crippen LogP contribution in [-0.4, -0.2) is 9.55 Å². The van der Waals surface area contributed by atoms with Gasteiger partial charge < -0.3 is 9.55 Å². The van der Waals surface area contributed by atoms with Crippen molar-refractivity contribution in [3.05, 3.63) is 63.4 Å². The van der Waals surface area contributed by atoms with E-state index in [0.29, 0.717) is 6.04 Å². The molecule has 0 spiro atoms. The summed E-state index contributed by atoms with van der Waals surface area (Å²) in [7, 11) is 0. The summed E-state index contributed by atoms with van der Waals surface area (Å²) in [5, 5.41) is 0.746. The van der Waals surface area contributed by atoms with Gasteiger partial charge in [0.1, 0.15) is 0 Å². The predicted octanol–water partition coefficient (Wildman–Crippen LogP) is 4.69. The molecule has 0 bridgehead atoms. The molecule has 2 nitrogen and oxygen atoms in total. The number of rotatable bonds is 1. The summed E-state index contributed by atoms with van der Waals surface area (Å²) in [6, 6.07) is 14.9. The van der Waals surface area contributed by atoms with Gasteiger partial charge in [0.25, 0.3) is 0 Å². The van der Waals surface area contributed by atoms with E-state index in [9.17, 15) is 0 Å². The van der Waals surface area contributed by atoms with Gasteiger partial charge >= 0.3 is 0 Å². The van der Waals surface area contributed by atoms with Gasteiger partial charge in [0.15, 0.2) is 4.77 Å². The van der Waals surface area contributed by atoms with Crippen LogP contribution in [0.3, 0.4) is 0 Å². The molecule has 0 unspecified atom stereocenters. The van der Waals surface area contributed by atoms with Crippen molar-refractivity contribution in [2.24, 2.45) is 0 Å². The first-order valence-corrected chi connectivity index (χ1v) is 7.47. The number of imidazole rings is 1. The average molecular weight is 301 g/mol. The van der Waals surface area contributed by atoms with Crippen molar-refractivity contribution in [1.82, 2.24) is 9.55 Å². The Balaban J connectivity index is 1.86. The molecule has 0 amide bonds. The number of nitrogens with one attached hydrogen (secondary N) is 1. The maximum Gasteiger partial charge on any atom is 0.178 e. The van der Waals surface area contributed by atoms with E-state index in [1.807, 2.05) is 18.2 Å². The van der Waals surface area contributed by atoms with E-state index < -0.39 is 0 Å². The summed E-state index contributed by atoms with van der Waals surface area (Å²) in [5.74, 6) is 0. The number of halogens is 1. The molecule has 1 N–H and O–H groups in total. The van der Waals surface area contributed by atoms with Gasteiger partial charge in [0.2, 0.25) is 0 Å². The quantitative estimate of drug-likeness (QED) is 0.646. The zero-order valence-corrected chi connectivity index (χ0v) is 12.3. The smallest absolute Gasteiger partial charge is 0.178 e. The van der Waals surface area contributed by atoms with Crippen LogP contribution in [0.1, 0.15) is 17.2 Å². The van der Waals surface area contributed by atoms with Crippen LogP contribution in [0.25, 0.3) is 11.0 Å². The number of hydrogen-bond acceptors (Lipinski definition) is 1. The molecular weight excluding hydrogens is 288 g/mol. The largest absolute Gasteiger partial charge is 0.331 e. The van der Waals surface area contributed by atoms with Crippen LogP contribution in [0.15, 0.2) is 42.5 Å². The van der Waals surface area contributed by atoms with E-state index >= 15 is 0 Å². The molecule has 1 aliphatic carbocycles. The van der Waals surface area contributed by atoms with Crippen LogP contribution in [0.4, 0.5) is 0 Å². The number of H-pyrrole nitrogens is 1. The first-order valence-electron chi connectivity index (χ1n) is 6.69. The van der Waals surface area contributed by atoms with Gasteiger partial charge in [-0.2, -0.15) is 0 Å². The topological polar surface area (TPSA) is 20.7 Å². The molecule has 1 aromatic heterocycles. The molecule has 0 aliphatic heterocycles. The second-order valence-electron chi connectivity index (χ2n) is 5.29. The molecule has 0 saturated carbocycles. The van der Waals surface area contributed by atoms with Crippen molar-refractivity contribution in [1.29, 1.82) is 0 Å². The molecule has 20 heavy (non-hydrogen) atoms. The van der Waals surface area contributed by atoms with Crippen molar-refractivity contribution in [3.63, 3.8) is 0 Å². The molecule has 0 atom stereocenters. The predicted molar refractivity (Wildman–Crippen MR) is 85.0 cm³/mol. The van der Waals surface area contributed by atoms with Crippen LogP contribution in [0.2, 0.25) is 5.02 Å². The fourth-order valence-electron chi connectivity index (χ4n) is 3.18. The van der Waals surface area contributed by atoms with Crippen molar-refractivity contribution >= 4 is 34.9 Å². The molecule has 0 fully saturated rings. The van der Waals surface area contributed by atoms with Gasteiger partial charge in [-0.05, 0) is 54.4 Å². The van der Waals surface area contributed by atoms with Crippen molar-refractivity contribution < 1.29 is 0 Å². The van der Waals surface area contributed by atoms with E-state index in [1.54, 1.807) is 0 Å². The first-order chi connectivity index (χ1) is 9.72. The fraction of sp³-hybridized carbons (Fsp3) is 0.188. The number of fused-ring (bicyclic) bond motifs is 2. The lowest BCUT2D eigenvalue weighted by atomic mass is 10.1. The third-order valence-corrected chi connectivity index (χ3v) is 4.61. The number of benzene rings is 2. The third kappa shape index (κ3) is 1.81. The lowest BCUT2D eigenvalue weighted by molar-refractivity contribution is 0.537. The van der Waals surface area contributed by atoms with Crippen LogP contribution >= 0.6 is 23.8 Å². The highest BCUT2D eigenvalue weighted by Crippen LogP contribution is 2.33. The highest BCUT2D eigenvalue weighted by atomic mass is 35.5. The van der Waals surface area contributed by atoms with Crippen LogP contribution in [0.5, 0.6) is 0 Å². The minimum Gasteiger partial charge on any atom is -0.331 e.